The molecule has 1 unspecified atom stereocenters. The Balaban J connectivity index is 2.05. The molecule has 1 atom stereocenters. The van der Waals surface area contributed by atoms with Gasteiger partial charge in [0.15, 0.2) is 0 Å². The molecule has 0 fully saturated rings. The van der Waals surface area contributed by atoms with Gasteiger partial charge in [-0.1, -0.05) is 18.2 Å². The van der Waals surface area contributed by atoms with Gasteiger partial charge in [0.1, 0.15) is 5.76 Å². The minimum absolute atomic E-state index is 0.282. The fraction of sp³-hybridized carbons (Fsp3) is 0.250. The summed E-state index contributed by atoms with van der Waals surface area (Å²) in [6, 6.07) is 10.3. The van der Waals surface area contributed by atoms with E-state index in [1.807, 2.05) is 30.3 Å². The molecular weight excluding hydrogens is 188 g/mol. The summed E-state index contributed by atoms with van der Waals surface area (Å²) in [6.45, 7) is 2.90. The lowest BCUT2D eigenvalue weighted by atomic mass is 10.2. The second kappa shape index (κ2) is 3.21. The van der Waals surface area contributed by atoms with E-state index < -0.39 is 0 Å². The highest BCUT2D eigenvalue weighted by atomic mass is 16.4. The summed E-state index contributed by atoms with van der Waals surface area (Å²) in [4.78, 5) is 4.48. The molecule has 1 aliphatic heterocycles. The van der Waals surface area contributed by atoms with Crippen molar-refractivity contribution in [2.75, 3.05) is 0 Å². The van der Waals surface area contributed by atoms with Gasteiger partial charge in [0.2, 0.25) is 5.89 Å². The second-order valence-corrected chi connectivity index (χ2v) is 3.80. The van der Waals surface area contributed by atoms with E-state index in [1.165, 1.54) is 0 Å². The lowest BCUT2D eigenvalue weighted by Gasteiger charge is -2.00. The van der Waals surface area contributed by atoms with Crippen molar-refractivity contribution in [2.45, 2.75) is 19.5 Å². The molecule has 3 nitrogen and oxygen atoms in total. The highest BCUT2D eigenvalue weighted by molar-refractivity contribution is 5.53. The molecule has 2 heterocycles. The quantitative estimate of drug-likeness (QED) is 0.768. The van der Waals surface area contributed by atoms with E-state index in [0.717, 1.165) is 29.5 Å². The largest absolute Gasteiger partial charge is 0.439 e. The third kappa shape index (κ3) is 1.36. The molecule has 0 aliphatic carbocycles. The Bertz CT molecular complexity index is 476. The van der Waals surface area contributed by atoms with Crippen LogP contribution in [-0.4, -0.2) is 4.98 Å². The van der Waals surface area contributed by atoms with E-state index >= 15 is 0 Å². The fourth-order valence-corrected chi connectivity index (χ4v) is 1.88. The van der Waals surface area contributed by atoms with Crippen molar-refractivity contribution in [2.24, 2.45) is 0 Å². The van der Waals surface area contributed by atoms with E-state index in [1.54, 1.807) is 0 Å². The molecule has 0 bridgehead atoms. The molecule has 3 rings (SSSR count). The van der Waals surface area contributed by atoms with Gasteiger partial charge < -0.3 is 9.73 Å². The summed E-state index contributed by atoms with van der Waals surface area (Å²) < 4.78 is 5.75. The molecule has 1 N–H and O–H groups in total. The van der Waals surface area contributed by atoms with E-state index in [9.17, 15) is 0 Å². The third-order valence-corrected chi connectivity index (χ3v) is 2.72. The third-order valence-electron chi connectivity index (χ3n) is 2.72. The topological polar surface area (TPSA) is 38.1 Å². The molecular formula is C12H12N2O. The van der Waals surface area contributed by atoms with Crippen LogP contribution in [0.25, 0.3) is 11.5 Å². The highest BCUT2D eigenvalue weighted by Crippen LogP contribution is 2.29. The standard InChI is InChI=1S/C12H12N2O/c1-8-11-10(7-13-8)14-12(15-11)9-5-3-2-4-6-9/h2-6,8,13H,7H2,1H3. The Morgan fingerprint density at radius 3 is 2.87 bits per heavy atom. The maximum absolute atomic E-state index is 5.75. The Labute approximate surface area is 88.1 Å². The Hall–Kier alpha value is -1.61. The van der Waals surface area contributed by atoms with Crippen LogP contribution in [0, 0.1) is 0 Å². The number of nitrogens with zero attached hydrogens (tertiary/aromatic N) is 1. The fourth-order valence-electron chi connectivity index (χ4n) is 1.88. The smallest absolute Gasteiger partial charge is 0.226 e. The number of aromatic nitrogens is 1. The van der Waals surface area contributed by atoms with E-state index in [0.29, 0.717) is 0 Å². The van der Waals surface area contributed by atoms with Gasteiger partial charge in [0.25, 0.3) is 0 Å². The number of hydrogen-bond donors (Lipinski definition) is 1. The molecule has 0 saturated carbocycles. The molecule has 2 aromatic rings. The van der Waals surface area contributed by atoms with Gasteiger partial charge in [-0.3, -0.25) is 0 Å². The zero-order valence-corrected chi connectivity index (χ0v) is 8.53. The molecule has 1 aromatic heterocycles. The summed E-state index contributed by atoms with van der Waals surface area (Å²) in [5.41, 5.74) is 2.08. The molecule has 1 aliphatic rings. The molecule has 0 spiro atoms. The summed E-state index contributed by atoms with van der Waals surface area (Å²) in [5, 5.41) is 3.29. The first-order valence-corrected chi connectivity index (χ1v) is 5.13. The van der Waals surface area contributed by atoms with E-state index in [2.05, 4.69) is 17.2 Å². The van der Waals surface area contributed by atoms with Crippen molar-refractivity contribution < 1.29 is 4.42 Å². The Kier molecular flexibility index (Phi) is 1.86. The van der Waals surface area contributed by atoms with Gasteiger partial charge in [-0.25, -0.2) is 4.98 Å². The minimum atomic E-state index is 0.282. The zero-order valence-electron chi connectivity index (χ0n) is 8.53. The summed E-state index contributed by atoms with van der Waals surface area (Å²) >= 11 is 0. The SMILES string of the molecule is CC1NCc2nc(-c3ccccc3)oc21. The first-order chi connectivity index (χ1) is 7.34. The lowest BCUT2D eigenvalue weighted by molar-refractivity contribution is 0.465. The molecule has 0 amide bonds. The van der Waals surface area contributed by atoms with E-state index in [4.69, 9.17) is 4.42 Å². The number of benzene rings is 1. The van der Waals surface area contributed by atoms with Crippen LogP contribution in [0.5, 0.6) is 0 Å². The van der Waals surface area contributed by atoms with Crippen LogP contribution in [0.2, 0.25) is 0 Å². The van der Waals surface area contributed by atoms with Crippen molar-refractivity contribution in [1.82, 2.24) is 10.3 Å². The molecule has 15 heavy (non-hydrogen) atoms. The number of rotatable bonds is 1. The van der Waals surface area contributed by atoms with Crippen molar-refractivity contribution in [1.29, 1.82) is 0 Å². The predicted octanol–water partition coefficient (Wildman–Crippen LogP) is 2.51. The van der Waals surface area contributed by atoms with Crippen LogP contribution < -0.4 is 5.32 Å². The summed E-state index contributed by atoms with van der Waals surface area (Å²) in [6.07, 6.45) is 0. The van der Waals surface area contributed by atoms with Crippen LogP contribution in [0.3, 0.4) is 0 Å². The summed E-state index contributed by atoms with van der Waals surface area (Å²) in [7, 11) is 0. The number of oxazole rings is 1. The van der Waals surface area contributed by atoms with Crippen LogP contribution in [0.1, 0.15) is 24.4 Å². The van der Waals surface area contributed by atoms with Crippen molar-refractivity contribution in [3.63, 3.8) is 0 Å². The molecule has 0 radical (unpaired) electrons. The first-order valence-electron chi connectivity index (χ1n) is 5.13. The van der Waals surface area contributed by atoms with Gasteiger partial charge >= 0.3 is 0 Å². The zero-order chi connectivity index (χ0) is 10.3. The molecule has 3 heteroatoms. The Morgan fingerprint density at radius 2 is 2.13 bits per heavy atom. The second-order valence-electron chi connectivity index (χ2n) is 3.80. The van der Waals surface area contributed by atoms with Gasteiger partial charge in [-0.2, -0.15) is 0 Å². The van der Waals surface area contributed by atoms with Crippen LogP contribution in [0.15, 0.2) is 34.7 Å². The number of fused-ring (bicyclic) bond motifs is 1. The van der Waals surface area contributed by atoms with Gasteiger partial charge in [-0.05, 0) is 19.1 Å². The van der Waals surface area contributed by atoms with Crippen LogP contribution >= 0.6 is 0 Å². The summed E-state index contributed by atoms with van der Waals surface area (Å²) in [5.74, 6) is 1.71. The van der Waals surface area contributed by atoms with Crippen molar-refractivity contribution >= 4 is 0 Å². The van der Waals surface area contributed by atoms with Crippen LogP contribution in [0.4, 0.5) is 0 Å². The lowest BCUT2D eigenvalue weighted by Crippen LogP contribution is -2.07. The van der Waals surface area contributed by atoms with Gasteiger partial charge in [-0.15, -0.1) is 0 Å². The van der Waals surface area contributed by atoms with Crippen molar-refractivity contribution in [3.8, 4) is 11.5 Å². The maximum Gasteiger partial charge on any atom is 0.226 e. The Morgan fingerprint density at radius 1 is 1.33 bits per heavy atom. The first kappa shape index (κ1) is 8.68. The number of nitrogens with one attached hydrogen (secondary N) is 1. The highest BCUT2D eigenvalue weighted by Gasteiger charge is 2.25. The molecule has 76 valence electrons. The molecule has 1 aromatic carbocycles. The maximum atomic E-state index is 5.75. The normalized spacial score (nSPS) is 19.1. The van der Waals surface area contributed by atoms with E-state index in [-0.39, 0.29) is 6.04 Å². The minimum Gasteiger partial charge on any atom is -0.439 e. The average Bonchev–Trinajstić information content (AvgIpc) is 2.83. The van der Waals surface area contributed by atoms with Gasteiger partial charge in [0, 0.05) is 12.1 Å². The van der Waals surface area contributed by atoms with Crippen LogP contribution in [-0.2, 0) is 6.54 Å². The average molecular weight is 200 g/mol. The van der Waals surface area contributed by atoms with Crippen molar-refractivity contribution in [3.05, 3.63) is 41.8 Å². The van der Waals surface area contributed by atoms with Gasteiger partial charge in [0.05, 0.1) is 11.7 Å². The predicted molar refractivity (Wildman–Crippen MR) is 57.2 cm³/mol. The monoisotopic (exact) mass is 200 g/mol. The molecule has 0 saturated heterocycles. The number of hydrogen-bond acceptors (Lipinski definition) is 3.